The Morgan fingerprint density at radius 3 is 2.70 bits per heavy atom. The lowest BCUT2D eigenvalue weighted by atomic mass is 10.1. The number of aromatic hydroxyl groups is 1. The van der Waals surface area contributed by atoms with Gasteiger partial charge in [0.2, 0.25) is 0 Å². The molecule has 0 atom stereocenters. The summed E-state index contributed by atoms with van der Waals surface area (Å²) in [6.07, 6.45) is 2.94. The first-order chi connectivity index (χ1) is 14.7. The fourth-order valence-corrected chi connectivity index (χ4v) is 2.99. The summed E-state index contributed by atoms with van der Waals surface area (Å²) in [6, 6.07) is 18.9. The van der Waals surface area contributed by atoms with Crippen LogP contribution in [-0.2, 0) is 0 Å². The van der Waals surface area contributed by atoms with Gasteiger partial charge < -0.3 is 9.84 Å². The molecule has 0 bridgehead atoms. The summed E-state index contributed by atoms with van der Waals surface area (Å²) in [5.41, 5.74) is 6.23. The van der Waals surface area contributed by atoms with Gasteiger partial charge in [0.15, 0.2) is 23.1 Å². The summed E-state index contributed by atoms with van der Waals surface area (Å²) in [4.78, 5) is 8.55. The first-order valence-corrected chi connectivity index (χ1v) is 9.25. The Morgan fingerprint density at radius 1 is 1.07 bits per heavy atom. The van der Waals surface area contributed by atoms with E-state index < -0.39 is 0 Å². The van der Waals surface area contributed by atoms with Crippen LogP contribution in [0.4, 0.5) is 5.82 Å². The number of rotatable bonds is 6. The van der Waals surface area contributed by atoms with E-state index in [1.807, 2.05) is 43.3 Å². The van der Waals surface area contributed by atoms with E-state index in [0.29, 0.717) is 22.9 Å². The van der Waals surface area contributed by atoms with Crippen molar-refractivity contribution in [2.75, 3.05) is 12.5 Å². The Labute approximate surface area is 173 Å². The molecule has 0 radical (unpaired) electrons. The predicted octanol–water partition coefficient (Wildman–Crippen LogP) is 3.80. The van der Waals surface area contributed by atoms with E-state index in [4.69, 9.17) is 4.74 Å². The molecule has 0 fully saturated rings. The van der Waals surface area contributed by atoms with Crippen molar-refractivity contribution in [2.24, 2.45) is 5.10 Å². The van der Waals surface area contributed by atoms with Gasteiger partial charge in [0.1, 0.15) is 6.33 Å². The fourth-order valence-electron chi connectivity index (χ4n) is 2.99. The minimum Gasteiger partial charge on any atom is -0.504 e. The van der Waals surface area contributed by atoms with Crippen molar-refractivity contribution in [3.63, 3.8) is 0 Å². The van der Waals surface area contributed by atoms with E-state index >= 15 is 0 Å². The average molecular weight is 400 g/mol. The number of nitrogens with zero attached hydrogens (tertiary/aromatic N) is 5. The SMILES string of the molecule is COc1cccc(/C=N/Nc2cc(-n3nc(C)cc3-c3ccccc3)ncn2)c1O. The molecule has 30 heavy (non-hydrogen) atoms. The molecule has 0 amide bonds. The zero-order valence-corrected chi connectivity index (χ0v) is 16.5. The summed E-state index contributed by atoms with van der Waals surface area (Å²) in [5, 5.41) is 18.9. The highest BCUT2D eigenvalue weighted by molar-refractivity contribution is 5.85. The van der Waals surface area contributed by atoms with E-state index in [0.717, 1.165) is 17.0 Å². The summed E-state index contributed by atoms with van der Waals surface area (Å²) in [6.45, 7) is 1.94. The van der Waals surface area contributed by atoms with E-state index in [1.165, 1.54) is 19.7 Å². The summed E-state index contributed by atoms with van der Waals surface area (Å²) < 4.78 is 6.88. The van der Waals surface area contributed by atoms with Crippen molar-refractivity contribution in [3.05, 3.63) is 78.2 Å². The monoisotopic (exact) mass is 400 g/mol. The molecule has 0 saturated heterocycles. The quantitative estimate of drug-likeness (QED) is 0.377. The number of ether oxygens (including phenoxy) is 1. The molecule has 0 unspecified atom stereocenters. The number of benzene rings is 2. The van der Waals surface area contributed by atoms with Crippen molar-refractivity contribution in [1.82, 2.24) is 19.7 Å². The van der Waals surface area contributed by atoms with Crippen LogP contribution in [0.2, 0.25) is 0 Å². The number of phenolic OH excluding ortho intramolecular Hbond substituents is 1. The number of hydrogen-bond donors (Lipinski definition) is 2. The Balaban J connectivity index is 1.59. The largest absolute Gasteiger partial charge is 0.504 e. The minimum atomic E-state index is 0.0217. The Bertz CT molecular complexity index is 1190. The Hall–Kier alpha value is -4.20. The summed E-state index contributed by atoms with van der Waals surface area (Å²) in [7, 11) is 1.50. The third kappa shape index (κ3) is 3.97. The van der Waals surface area contributed by atoms with Gasteiger partial charge >= 0.3 is 0 Å². The molecular formula is C22H20N6O2. The maximum atomic E-state index is 10.1. The molecular weight excluding hydrogens is 380 g/mol. The molecule has 2 N–H and O–H groups in total. The highest BCUT2D eigenvalue weighted by Gasteiger charge is 2.11. The number of phenols is 1. The van der Waals surface area contributed by atoms with Crippen molar-refractivity contribution in [2.45, 2.75) is 6.92 Å². The minimum absolute atomic E-state index is 0.0217. The van der Waals surface area contributed by atoms with Crippen LogP contribution < -0.4 is 10.2 Å². The lowest BCUT2D eigenvalue weighted by Gasteiger charge is -2.08. The maximum absolute atomic E-state index is 10.1. The highest BCUT2D eigenvalue weighted by Crippen LogP contribution is 2.28. The van der Waals surface area contributed by atoms with Crippen molar-refractivity contribution >= 4 is 12.0 Å². The van der Waals surface area contributed by atoms with E-state index in [1.54, 1.807) is 28.9 Å². The van der Waals surface area contributed by atoms with Gasteiger partial charge in [0, 0.05) is 17.2 Å². The first kappa shape index (κ1) is 19.1. The van der Waals surface area contributed by atoms with Gasteiger partial charge in [-0.1, -0.05) is 36.4 Å². The van der Waals surface area contributed by atoms with E-state index in [2.05, 4.69) is 25.6 Å². The lowest BCUT2D eigenvalue weighted by molar-refractivity contribution is 0.373. The first-order valence-electron chi connectivity index (χ1n) is 9.25. The molecule has 0 spiro atoms. The number of methoxy groups -OCH3 is 1. The number of aromatic nitrogens is 4. The standard InChI is InChI=1S/C22H20N6O2/c1-15-11-18(16-7-4-3-5-8-16)28(27-15)21-12-20(23-14-24-21)26-25-13-17-9-6-10-19(30-2)22(17)29/h3-14,29H,1-2H3,(H,23,24,26)/b25-13+. The zero-order valence-electron chi connectivity index (χ0n) is 16.5. The van der Waals surface area contributed by atoms with Crippen LogP contribution in [0, 0.1) is 6.92 Å². The molecule has 2 heterocycles. The normalized spacial score (nSPS) is 11.0. The molecule has 0 aliphatic rings. The molecule has 0 saturated carbocycles. The highest BCUT2D eigenvalue weighted by atomic mass is 16.5. The topological polar surface area (TPSA) is 97.5 Å². The second-order valence-corrected chi connectivity index (χ2v) is 6.48. The van der Waals surface area contributed by atoms with Crippen LogP contribution in [-0.4, -0.2) is 38.2 Å². The number of hydrazone groups is 1. The Kier molecular flexibility index (Phi) is 5.38. The molecule has 2 aromatic carbocycles. The zero-order chi connectivity index (χ0) is 20.9. The van der Waals surface area contributed by atoms with Gasteiger partial charge in [0.25, 0.3) is 0 Å². The molecule has 2 aromatic heterocycles. The third-order valence-corrected chi connectivity index (χ3v) is 4.40. The number of nitrogens with one attached hydrogen (secondary N) is 1. The van der Waals surface area contributed by atoms with Crippen LogP contribution in [0.25, 0.3) is 17.1 Å². The molecule has 0 aliphatic carbocycles. The van der Waals surface area contributed by atoms with Crippen LogP contribution in [0.1, 0.15) is 11.3 Å². The van der Waals surface area contributed by atoms with E-state index in [9.17, 15) is 5.11 Å². The van der Waals surface area contributed by atoms with Gasteiger partial charge in [-0.05, 0) is 25.1 Å². The van der Waals surface area contributed by atoms with Crippen molar-refractivity contribution in [1.29, 1.82) is 0 Å². The van der Waals surface area contributed by atoms with Gasteiger partial charge in [-0.15, -0.1) is 0 Å². The van der Waals surface area contributed by atoms with Gasteiger partial charge in [-0.25, -0.2) is 14.6 Å². The van der Waals surface area contributed by atoms with Crippen molar-refractivity contribution < 1.29 is 9.84 Å². The van der Waals surface area contributed by atoms with Gasteiger partial charge in [-0.2, -0.15) is 10.2 Å². The van der Waals surface area contributed by atoms with Crippen LogP contribution in [0.15, 0.2) is 72.1 Å². The molecule has 4 rings (SSSR count). The Morgan fingerprint density at radius 2 is 1.90 bits per heavy atom. The molecule has 8 nitrogen and oxygen atoms in total. The van der Waals surface area contributed by atoms with Crippen LogP contribution in [0.5, 0.6) is 11.5 Å². The number of hydrogen-bond acceptors (Lipinski definition) is 7. The molecule has 4 aromatic rings. The summed E-state index contributed by atoms with van der Waals surface area (Å²) in [5.74, 6) is 1.50. The number of anilines is 1. The molecule has 8 heteroatoms. The molecule has 150 valence electrons. The third-order valence-electron chi connectivity index (χ3n) is 4.40. The predicted molar refractivity (Wildman–Crippen MR) is 115 cm³/mol. The average Bonchev–Trinajstić information content (AvgIpc) is 3.17. The van der Waals surface area contributed by atoms with Crippen LogP contribution in [0.3, 0.4) is 0 Å². The van der Waals surface area contributed by atoms with Gasteiger partial charge in [-0.3, -0.25) is 5.43 Å². The second-order valence-electron chi connectivity index (χ2n) is 6.48. The maximum Gasteiger partial charge on any atom is 0.166 e. The number of para-hydroxylation sites is 1. The van der Waals surface area contributed by atoms with Crippen LogP contribution >= 0.6 is 0 Å². The second kappa shape index (κ2) is 8.44. The number of aryl methyl sites for hydroxylation is 1. The molecule has 0 aliphatic heterocycles. The van der Waals surface area contributed by atoms with E-state index in [-0.39, 0.29) is 5.75 Å². The van der Waals surface area contributed by atoms with Gasteiger partial charge in [0.05, 0.1) is 24.7 Å². The smallest absolute Gasteiger partial charge is 0.166 e. The summed E-state index contributed by atoms with van der Waals surface area (Å²) >= 11 is 0. The fraction of sp³-hybridized carbons (Fsp3) is 0.0909. The van der Waals surface area contributed by atoms with Crippen molar-refractivity contribution in [3.8, 4) is 28.6 Å². The lowest BCUT2D eigenvalue weighted by Crippen LogP contribution is -2.04.